The predicted octanol–water partition coefficient (Wildman–Crippen LogP) is 3.32. The maximum Gasteiger partial charge on any atom is 0.319 e. The van der Waals surface area contributed by atoms with Crippen LogP contribution in [0.2, 0.25) is 0 Å². The van der Waals surface area contributed by atoms with E-state index in [1.54, 1.807) is 6.07 Å². The first-order valence-electron chi connectivity index (χ1n) is 13.2. The van der Waals surface area contributed by atoms with Gasteiger partial charge in [0, 0.05) is 43.5 Å². The summed E-state index contributed by atoms with van der Waals surface area (Å²) in [6, 6.07) is 1.62. The second-order valence-corrected chi connectivity index (χ2v) is 12.2. The van der Waals surface area contributed by atoms with Gasteiger partial charge in [-0.25, -0.2) is 4.79 Å². The first-order chi connectivity index (χ1) is 17.5. The SMILES string of the molecule is CCNC(=O)Nc1sc(CCC(=O)O)cc1C(=O)N1CCC(N2CCCC3(C2)CC(C)(C)OC3=O)CC1. The van der Waals surface area contributed by atoms with Gasteiger partial charge in [-0.3, -0.25) is 24.6 Å². The molecule has 10 nitrogen and oxygen atoms in total. The Bertz CT molecular complexity index is 1050. The number of hydrogen-bond donors (Lipinski definition) is 3. The number of esters is 1. The van der Waals surface area contributed by atoms with Crippen molar-refractivity contribution in [3.05, 3.63) is 16.5 Å². The van der Waals surface area contributed by atoms with Crippen LogP contribution in [0.25, 0.3) is 0 Å². The number of nitrogens with one attached hydrogen (secondary N) is 2. The summed E-state index contributed by atoms with van der Waals surface area (Å²) in [7, 11) is 0. The second kappa shape index (κ2) is 11.0. The van der Waals surface area contributed by atoms with Crippen LogP contribution in [-0.2, 0) is 20.7 Å². The number of aliphatic carboxylic acids is 1. The Hall–Kier alpha value is -2.66. The number of rotatable bonds is 7. The Morgan fingerprint density at radius 3 is 2.57 bits per heavy atom. The highest BCUT2D eigenvalue weighted by molar-refractivity contribution is 7.16. The van der Waals surface area contributed by atoms with E-state index in [2.05, 4.69) is 15.5 Å². The number of likely N-dealkylation sites (tertiary alicyclic amines) is 2. The lowest BCUT2D eigenvalue weighted by Gasteiger charge is -2.44. The average Bonchev–Trinajstić information content (AvgIpc) is 3.33. The number of hydrogen-bond acceptors (Lipinski definition) is 7. The van der Waals surface area contributed by atoms with Crippen LogP contribution >= 0.6 is 11.3 Å². The van der Waals surface area contributed by atoms with Crippen LogP contribution in [-0.4, -0.2) is 83.1 Å². The first-order valence-corrected chi connectivity index (χ1v) is 14.0. The van der Waals surface area contributed by atoms with Crippen LogP contribution in [0.15, 0.2) is 6.07 Å². The Balaban J connectivity index is 1.40. The molecule has 4 heterocycles. The van der Waals surface area contributed by atoms with Crippen molar-refractivity contribution in [3.63, 3.8) is 0 Å². The number of aryl methyl sites for hydroxylation is 1. The maximum absolute atomic E-state index is 13.5. The lowest BCUT2D eigenvalue weighted by molar-refractivity contribution is -0.154. The second-order valence-electron chi connectivity index (χ2n) is 11.0. The highest BCUT2D eigenvalue weighted by atomic mass is 32.1. The number of cyclic esters (lactones) is 1. The summed E-state index contributed by atoms with van der Waals surface area (Å²) in [5.74, 6) is -1.13. The molecule has 204 valence electrons. The van der Waals surface area contributed by atoms with Crippen LogP contribution in [0.3, 0.4) is 0 Å². The summed E-state index contributed by atoms with van der Waals surface area (Å²) in [6.45, 7) is 9.06. The number of anilines is 1. The fourth-order valence-electron chi connectivity index (χ4n) is 6.03. The molecule has 1 spiro atoms. The number of ether oxygens (including phenoxy) is 1. The Labute approximate surface area is 221 Å². The molecule has 37 heavy (non-hydrogen) atoms. The normalized spacial score (nSPS) is 24.2. The zero-order chi connectivity index (χ0) is 26.8. The van der Waals surface area contributed by atoms with E-state index in [4.69, 9.17) is 9.84 Å². The molecule has 0 bridgehead atoms. The van der Waals surface area contributed by atoms with Gasteiger partial charge in [0.1, 0.15) is 10.6 Å². The predicted molar refractivity (Wildman–Crippen MR) is 140 cm³/mol. The van der Waals surface area contributed by atoms with Crippen molar-refractivity contribution in [2.24, 2.45) is 5.41 Å². The molecule has 3 saturated heterocycles. The van der Waals surface area contributed by atoms with E-state index in [1.807, 2.05) is 25.7 Å². The average molecular weight is 535 g/mol. The van der Waals surface area contributed by atoms with E-state index in [1.165, 1.54) is 11.3 Å². The number of thiophene rings is 1. The lowest BCUT2D eigenvalue weighted by Crippen LogP contribution is -2.53. The van der Waals surface area contributed by atoms with Crippen molar-refractivity contribution in [1.29, 1.82) is 0 Å². The molecule has 3 aliphatic rings. The number of carboxylic acid groups (broad SMARTS) is 1. The van der Waals surface area contributed by atoms with E-state index in [0.29, 0.717) is 49.2 Å². The van der Waals surface area contributed by atoms with Crippen molar-refractivity contribution in [2.45, 2.75) is 77.4 Å². The molecule has 1 atom stereocenters. The Morgan fingerprint density at radius 1 is 1.22 bits per heavy atom. The maximum atomic E-state index is 13.5. The molecule has 3 fully saturated rings. The third-order valence-corrected chi connectivity index (χ3v) is 8.71. The summed E-state index contributed by atoms with van der Waals surface area (Å²) < 4.78 is 5.68. The number of carbonyl (C=O) groups is 4. The van der Waals surface area contributed by atoms with Gasteiger partial charge in [0.2, 0.25) is 0 Å². The van der Waals surface area contributed by atoms with Crippen LogP contribution < -0.4 is 10.6 Å². The summed E-state index contributed by atoms with van der Waals surface area (Å²) in [5, 5.41) is 14.9. The number of nitrogens with zero attached hydrogens (tertiary/aromatic N) is 2. The van der Waals surface area contributed by atoms with Gasteiger partial charge in [-0.15, -0.1) is 11.3 Å². The van der Waals surface area contributed by atoms with Gasteiger partial charge in [-0.2, -0.15) is 0 Å². The van der Waals surface area contributed by atoms with Gasteiger partial charge in [-0.1, -0.05) is 0 Å². The van der Waals surface area contributed by atoms with Crippen molar-refractivity contribution in [2.75, 3.05) is 38.0 Å². The van der Waals surface area contributed by atoms with Crippen LogP contribution in [0.5, 0.6) is 0 Å². The fourth-order valence-corrected chi connectivity index (χ4v) is 7.07. The van der Waals surface area contributed by atoms with Gasteiger partial charge >= 0.3 is 18.0 Å². The molecule has 3 amide bonds. The van der Waals surface area contributed by atoms with Crippen molar-refractivity contribution in [3.8, 4) is 0 Å². The Morgan fingerprint density at radius 2 is 1.95 bits per heavy atom. The zero-order valence-corrected chi connectivity index (χ0v) is 22.7. The van der Waals surface area contributed by atoms with E-state index >= 15 is 0 Å². The van der Waals surface area contributed by atoms with Gasteiger partial charge in [0.15, 0.2) is 0 Å². The van der Waals surface area contributed by atoms with Crippen LogP contribution in [0.1, 0.15) is 74.5 Å². The molecule has 3 N–H and O–H groups in total. The standard InChI is InChI=1S/C26H38N4O6S/c1-4-27-24(35)28-21-19(14-18(37-21)6-7-20(31)32)22(33)29-12-8-17(9-13-29)30-11-5-10-26(16-30)15-25(2,3)36-23(26)34/h14,17H,4-13,15-16H2,1-3H3,(H,31,32)(H2,27,28,35). The summed E-state index contributed by atoms with van der Waals surface area (Å²) in [5.41, 5.74) is -0.431. The molecule has 4 rings (SSSR count). The number of amides is 3. The largest absolute Gasteiger partial charge is 0.481 e. The molecule has 0 radical (unpaired) electrons. The number of urea groups is 1. The van der Waals surface area contributed by atoms with Gasteiger partial charge in [-0.05, 0) is 65.5 Å². The number of carbonyl (C=O) groups excluding carboxylic acids is 3. The molecule has 0 aromatic carbocycles. The van der Waals surface area contributed by atoms with Crippen molar-refractivity contribution >= 4 is 40.2 Å². The molecule has 1 aromatic heterocycles. The molecule has 0 saturated carbocycles. The van der Waals surface area contributed by atoms with Crippen molar-refractivity contribution < 1.29 is 29.0 Å². The topological polar surface area (TPSA) is 128 Å². The smallest absolute Gasteiger partial charge is 0.319 e. The highest BCUT2D eigenvalue weighted by Crippen LogP contribution is 2.46. The summed E-state index contributed by atoms with van der Waals surface area (Å²) in [6.07, 6.45) is 4.47. The van der Waals surface area contributed by atoms with Gasteiger partial charge < -0.3 is 20.1 Å². The minimum absolute atomic E-state index is 0.0395. The summed E-state index contributed by atoms with van der Waals surface area (Å²) in [4.78, 5) is 54.4. The molecule has 3 aliphatic heterocycles. The van der Waals surface area contributed by atoms with Gasteiger partial charge in [0.25, 0.3) is 5.91 Å². The van der Waals surface area contributed by atoms with Gasteiger partial charge in [0.05, 0.1) is 17.4 Å². The molecular formula is C26H38N4O6S. The fraction of sp³-hybridized carbons (Fsp3) is 0.692. The molecule has 0 aliphatic carbocycles. The van der Waals surface area contributed by atoms with E-state index < -0.39 is 23.0 Å². The Kier molecular flexibility index (Phi) is 8.13. The molecule has 11 heteroatoms. The van der Waals surface area contributed by atoms with E-state index in [0.717, 1.165) is 43.5 Å². The van der Waals surface area contributed by atoms with E-state index in [9.17, 15) is 19.2 Å². The molecule has 1 unspecified atom stereocenters. The molecule has 1 aromatic rings. The third-order valence-electron chi connectivity index (χ3n) is 7.60. The minimum Gasteiger partial charge on any atom is -0.481 e. The minimum atomic E-state index is -0.907. The first kappa shape index (κ1) is 27.4. The third kappa shape index (κ3) is 6.26. The van der Waals surface area contributed by atoms with Crippen LogP contribution in [0, 0.1) is 5.41 Å². The number of piperidine rings is 2. The molecular weight excluding hydrogens is 496 g/mol. The number of carboxylic acids is 1. The quantitative estimate of drug-likeness (QED) is 0.458. The van der Waals surface area contributed by atoms with E-state index in [-0.39, 0.29) is 18.3 Å². The van der Waals surface area contributed by atoms with Crippen LogP contribution in [0.4, 0.5) is 9.80 Å². The zero-order valence-electron chi connectivity index (χ0n) is 21.9. The highest BCUT2D eigenvalue weighted by Gasteiger charge is 2.54. The lowest BCUT2D eigenvalue weighted by atomic mass is 9.74. The summed E-state index contributed by atoms with van der Waals surface area (Å²) >= 11 is 1.25. The monoisotopic (exact) mass is 534 g/mol. The van der Waals surface area contributed by atoms with Crippen molar-refractivity contribution in [1.82, 2.24) is 15.1 Å².